The Hall–Kier alpha value is -3.00. The number of thiazole rings is 1. The summed E-state index contributed by atoms with van der Waals surface area (Å²) < 4.78 is 1.91. The number of hydrogen-bond acceptors (Lipinski definition) is 6. The van der Waals surface area contributed by atoms with Gasteiger partial charge in [0.25, 0.3) is 0 Å². The third kappa shape index (κ3) is 2.80. The maximum atomic E-state index is 12.3. The standard InChI is InChI=1S/C17H16N6OS/c1-18-15-12-14(23(2)9-19-12)13-16(22-15)25-17(21-13)20-11(24)8-10-6-4-3-5-7-10/h3-7,9H,8H2,1-2H3,(H,18,22)(H,20,21,24). The molecule has 0 atom stereocenters. The second-order valence-electron chi connectivity index (χ2n) is 5.65. The quantitative estimate of drug-likeness (QED) is 0.590. The molecular formula is C17H16N6OS. The number of anilines is 2. The van der Waals surface area contributed by atoms with E-state index < -0.39 is 0 Å². The van der Waals surface area contributed by atoms with E-state index in [0.29, 0.717) is 17.4 Å². The number of hydrogen-bond donors (Lipinski definition) is 2. The van der Waals surface area contributed by atoms with Crippen LogP contribution in [0.4, 0.5) is 10.9 Å². The number of benzene rings is 1. The van der Waals surface area contributed by atoms with Gasteiger partial charge in [0.05, 0.1) is 12.7 Å². The van der Waals surface area contributed by atoms with Crippen molar-refractivity contribution < 1.29 is 4.79 Å². The molecular weight excluding hydrogens is 336 g/mol. The van der Waals surface area contributed by atoms with Crippen LogP contribution < -0.4 is 10.6 Å². The fraction of sp³-hybridized carbons (Fsp3) is 0.176. The Morgan fingerprint density at radius 3 is 2.76 bits per heavy atom. The molecule has 0 unspecified atom stereocenters. The molecule has 4 rings (SSSR count). The topological polar surface area (TPSA) is 84.7 Å². The zero-order valence-electron chi connectivity index (χ0n) is 13.8. The number of fused-ring (bicyclic) bond motifs is 3. The molecule has 0 aliphatic heterocycles. The van der Waals surface area contributed by atoms with Gasteiger partial charge in [-0.1, -0.05) is 41.7 Å². The van der Waals surface area contributed by atoms with Crippen LogP contribution in [-0.2, 0) is 18.3 Å². The van der Waals surface area contributed by atoms with Gasteiger partial charge in [0.1, 0.15) is 21.4 Å². The van der Waals surface area contributed by atoms with Gasteiger partial charge in [-0.3, -0.25) is 4.79 Å². The summed E-state index contributed by atoms with van der Waals surface area (Å²) in [5.41, 5.74) is 3.37. The van der Waals surface area contributed by atoms with Crippen LogP contribution in [0.3, 0.4) is 0 Å². The first-order chi connectivity index (χ1) is 12.2. The average Bonchev–Trinajstić information content (AvgIpc) is 3.18. The van der Waals surface area contributed by atoms with Gasteiger partial charge in [-0.05, 0) is 5.56 Å². The van der Waals surface area contributed by atoms with Crippen LogP contribution in [0, 0.1) is 0 Å². The van der Waals surface area contributed by atoms with Crippen LogP contribution in [0.25, 0.3) is 21.4 Å². The minimum Gasteiger partial charge on any atom is -0.371 e. The molecule has 3 aromatic heterocycles. The zero-order chi connectivity index (χ0) is 17.4. The molecule has 0 radical (unpaired) electrons. The molecule has 0 aliphatic rings. The Bertz CT molecular complexity index is 1070. The highest BCUT2D eigenvalue weighted by atomic mass is 32.1. The summed E-state index contributed by atoms with van der Waals surface area (Å²) in [5, 5.41) is 6.48. The molecule has 25 heavy (non-hydrogen) atoms. The van der Waals surface area contributed by atoms with Crippen molar-refractivity contribution >= 4 is 49.6 Å². The maximum absolute atomic E-state index is 12.3. The van der Waals surface area contributed by atoms with Gasteiger partial charge in [0.2, 0.25) is 5.91 Å². The molecule has 7 nitrogen and oxygen atoms in total. The van der Waals surface area contributed by atoms with Crippen LogP contribution in [-0.4, -0.2) is 32.5 Å². The predicted octanol–water partition coefficient (Wildman–Crippen LogP) is 2.80. The first-order valence-electron chi connectivity index (χ1n) is 7.79. The molecule has 3 heterocycles. The van der Waals surface area contributed by atoms with Crippen molar-refractivity contribution in [1.82, 2.24) is 19.5 Å². The summed E-state index contributed by atoms with van der Waals surface area (Å²) in [7, 11) is 3.73. The summed E-state index contributed by atoms with van der Waals surface area (Å²) >= 11 is 1.36. The molecule has 0 spiro atoms. The molecule has 0 saturated heterocycles. The van der Waals surface area contributed by atoms with E-state index in [0.717, 1.165) is 26.9 Å². The highest BCUT2D eigenvalue weighted by Crippen LogP contribution is 2.32. The van der Waals surface area contributed by atoms with Crippen molar-refractivity contribution in [1.29, 1.82) is 0 Å². The Kier molecular flexibility index (Phi) is 3.81. The lowest BCUT2D eigenvalue weighted by Gasteiger charge is -2.01. The molecule has 126 valence electrons. The minimum atomic E-state index is -0.0969. The van der Waals surface area contributed by atoms with Crippen LogP contribution in [0.5, 0.6) is 0 Å². The maximum Gasteiger partial charge on any atom is 0.230 e. The lowest BCUT2D eigenvalue weighted by atomic mass is 10.1. The third-order valence-electron chi connectivity index (χ3n) is 3.90. The molecule has 0 saturated carbocycles. The summed E-state index contributed by atoms with van der Waals surface area (Å²) in [6.07, 6.45) is 2.05. The normalized spacial score (nSPS) is 11.1. The van der Waals surface area contributed by atoms with E-state index in [4.69, 9.17) is 0 Å². The number of carbonyl (C=O) groups excluding carboxylic acids is 1. The molecule has 0 fully saturated rings. The lowest BCUT2D eigenvalue weighted by molar-refractivity contribution is -0.115. The second kappa shape index (κ2) is 6.14. The number of imidazole rings is 1. The van der Waals surface area contributed by atoms with Gasteiger partial charge in [-0.25, -0.2) is 15.0 Å². The smallest absolute Gasteiger partial charge is 0.230 e. The van der Waals surface area contributed by atoms with Crippen LogP contribution in [0.2, 0.25) is 0 Å². The number of aryl methyl sites for hydroxylation is 1. The Balaban J connectivity index is 1.68. The van der Waals surface area contributed by atoms with E-state index in [-0.39, 0.29) is 5.91 Å². The Labute approximate surface area is 147 Å². The predicted molar refractivity (Wildman–Crippen MR) is 100 cm³/mol. The van der Waals surface area contributed by atoms with Crippen LogP contribution in [0.15, 0.2) is 36.7 Å². The highest BCUT2D eigenvalue weighted by Gasteiger charge is 2.17. The van der Waals surface area contributed by atoms with Crippen molar-refractivity contribution in [2.45, 2.75) is 6.42 Å². The number of carbonyl (C=O) groups is 1. The number of rotatable bonds is 4. The first-order valence-corrected chi connectivity index (χ1v) is 8.60. The van der Waals surface area contributed by atoms with E-state index in [1.54, 1.807) is 6.33 Å². The summed E-state index contributed by atoms with van der Waals surface area (Å²) in [6.45, 7) is 0. The monoisotopic (exact) mass is 352 g/mol. The average molecular weight is 352 g/mol. The van der Waals surface area contributed by atoms with Gasteiger partial charge < -0.3 is 15.2 Å². The first kappa shape index (κ1) is 15.5. The van der Waals surface area contributed by atoms with Crippen molar-refractivity contribution in [3.63, 3.8) is 0 Å². The molecule has 4 aromatic rings. The van der Waals surface area contributed by atoms with Crippen LogP contribution >= 0.6 is 11.3 Å². The van der Waals surface area contributed by atoms with Gasteiger partial charge in [0.15, 0.2) is 10.9 Å². The molecule has 0 bridgehead atoms. The van der Waals surface area contributed by atoms with Crippen molar-refractivity contribution in [2.24, 2.45) is 7.05 Å². The second-order valence-corrected chi connectivity index (χ2v) is 6.62. The van der Waals surface area contributed by atoms with Crippen molar-refractivity contribution in [2.75, 3.05) is 17.7 Å². The van der Waals surface area contributed by atoms with Gasteiger partial charge in [-0.15, -0.1) is 0 Å². The molecule has 0 aliphatic carbocycles. The summed E-state index contributed by atoms with van der Waals surface area (Å²) in [4.78, 5) is 26.5. The van der Waals surface area contributed by atoms with E-state index in [1.165, 1.54) is 11.3 Å². The van der Waals surface area contributed by atoms with Gasteiger partial charge in [0, 0.05) is 14.1 Å². The minimum absolute atomic E-state index is 0.0969. The highest BCUT2D eigenvalue weighted by molar-refractivity contribution is 7.22. The van der Waals surface area contributed by atoms with Gasteiger partial charge in [-0.2, -0.15) is 0 Å². The van der Waals surface area contributed by atoms with E-state index >= 15 is 0 Å². The number of amides is 1. The number of nitrogens with zero attached hydrogens (tertiary/aromatic N) is 4. The van der Waals surface area contributed by atoms with Crippen molar-refractivity contribution in [3.8, 4) is 0 Å². The van der Waals surface area contributed by atoms with E-state index in [2.05, 4.69) is 25.6 Å². The van der Waals surface area contributed by atoms with E-state index in [1.807, 2.05) is 49.0 Å². The fourth-order valence-electron chi connectivity index (χ4n) is 2.75. The number of pyridine rings is 1. The SMILES string of the molecule is CNc1nc2sc(NC(=O)Cc3ccccc3)nc2c2c1ncn2C. The third-order valence-corrected chi connectivity index (χ3v) is 4.76. The number of nitrogens with one attached hydrogen (secondary N) is 2. The molecule has 1 aromatic carbocycles. The zero-order valence-corrected chi connectivity index (χ0v) is 14.6. The van der Waals surface area contributed by atoms with E-state index in [9.17, 15) is 4.79 Å². The summed E-state index contributed by atoms with van der Waals surface area (Å²) in [6, 6.07) is 9.63. The largest absolute Gasteiger partial charge is 0.371 e. The molecule has 8 heteroatoms. The van der Waals surface area contributed by atoms with Gasteiger partial charge >= 0.3 is 0 Å². The fourth-order valence-corrected chi connectivity index (χ4v) is 3.61. The Morgan fingerprint density at radius 1 is 1.20 bits per heavy atom. The number of aromatic nitrogens is 4. The van der Waals surface area contributed by atoms with Crippen molar-refractivity contribution in [3.05, 3.63) is 42.2 Å². The molecule has 2 N–H and O–H groups in total. The molecule has 1 amide bonds. The lowest BCUT2D eigenvalue weighted by Crippen LogP contribution is -2.14. The van der Waals surface area contributed by atoms with Crippen LogP contribution in [0.1, 0.15) is 5.56 Å². The summed E-state index contributed by atoms with van der Waals surface area (Å²) in [5.74, 6) is 0.606. The Morgan fingerprint density at radius 2 is 2.00 bits per heavy atom.